The standard InChI is InChI=1S/C24H24ClF3O2/c1-4-5-16-10-14(3)22(29)21(23(16)30)19-11-15(7-6-13(19)2)18-9-8-17(25)12-20(18)24(26,27)28/h6-9,11-12,14,16,29H,4-5,10H2,1-3H3. The van der Waals surface area contributed by atoms with E-state index in [4.69, 9.17) is 11.6 Å². The van der Waals surface area contributed by atoms with Crippen molar-refractivity contribution in [1.82, 2.24) is 0 Å². The van der Waals surface area contributed by atoms with Crippen molar-refractivity contribution in [2.24, 2.45) is 11.8 Å². The van der Waals surface area contributed by atoms with Crippen LogP contribution >= 0.6 is 11.6 Å². The van der Waals surface area contributed by atoms with Gasteiger partial charge in [-0.3, -0.25) is 4.79 Å². The minimum Gasteiger partial charge on any atom is -0.511 e. The second kappa shape index (κ2) is 8.46. The third-order valence-corrected chi connectivity index (χ3v) is 5.96. The maximum atomic E-state index is 13.6. The molecule has 0 aromatic heterocycles. The van der Waals surface area contributed by atoms with E-state index in [1.165, 1.54) is 12.1 Å². The SMILES string of the molecule is CCCC1CC(C)C(O)=C(c2cc(-c3ccc(Cl)cc3C(F)(F)F)ccc2C)C1=O. The highest BCUT2D eigenvalue weighted by molar-refractivity contribution is 6.30. The van der Waals surface area contributed by atoms with Crippen LogP contribution in [-0.4, -0.2) is 10.9 Å². The van der Waals surface area contributed by atoms with Gasteiger partial charge in [0.2, 0.25) is 0 Å². The largest absolute Gasteiger partial charge is 0.511 e. The summed E-state index contributed by atoms with van der Waals surface area (Å²) in [5.74, 6) is -0.501. The smallest absolute Gasteiger partial charge is 0.417 e. The molecule has 0 saturated heterocycles. The van der Waals surface area contributed by atoms with Gasteiger partial charge in [0.25, 0.3) is 0 Å². The zero-order valence-electron chi connectivity index (χ0n) is 17.1. The highest BCUT2D eigenvalue weighted by Gasteiger charge is 2.36. The van der Waals surface area contributed by atoms with Crippen molar-refractivity contribution in [1.29, 1.82) is 0 Å². The Bertz CT molecular complexity index is 1010. The fourth-order valence-corrected chi connectivity index (χ4v) is 4.32. The van der Waals surface area contributed by atoms with Crippen molar-refractivity contribution < 1.29 is 23.1 Å². The average Bonchev–Trinajstić information content (AvgIpc) is 2.67. The number of benzene rings is 2. The molecule has 0 aliphatic heterocycles. The number of ketones is 1. The summed E-state index contributed by atoms with van der Waals surface area (Å²) in [5.41, 5.74) is 0.892. The number of aryl methyl sites for hydroxylation is 1. The van der Waals surface area contributed by atoms with Crippen molar-refractivity contribution in [3.8, 4) is 11.1 Å². The number of allylic oxidation sites excluding steroid dienone is 2. The van der Waals surface area contributed by atoms with E-state index >= 15 is 0 Å². The second-order valence-corrected chi connectivity index (χ2v) is 8.40. The van der Waals surface area contributed by atoms with Crippen LogP contribution in [0.15, 0.2) is 42.2 Å². The van der Waals surface area contributed by atoms with Crippen LogP contribution in [-0.2, 0) is 11.0 Å². The van der Waals surface area contributed by atoms with Gasteiger partial charge in [0.05, 0.1) is 11.1 Å². The van der Waals surface area contributed by atoms with E-state index in [0.717, 1.165) is 18.1 Å². The van der Waals surface area contributed by atoms with Gasteiger partial charge >= 0.3 is 6.18 Å². The lowest BCUT2D eigenvalue weighted by molar-refractivity contribution is -0.137. The normalized spacial score (nSPS) is 20.0. The van der Waals surface area contributed by atoms with Crippen LogP contribution in [0.1, 0.15) is 49.8 Å². The maximum absolute atomic E-state index is 13.6. The third-order valence-electron chi connectivity index (χ3n) is 5.72. The van der Waals surface area contributed by atoms with Gasteiger partial charge < -0.3 is 5.11 Å². The van der Waals surface area contributed by atoms with Crippen molar-refractivity contribution in [3.63, 3.8) is 0 Å². The Morgan fingerprint density at radius 1 is 1.13 bits per heavy atom. The first-order chi connectivity index (χ1) is 14.0. The quantitative estimate of drug-likeness (QED) is 0.535. The Morgan fingerprint density at radius 3 is 2.47 bits per heavy atom. The minimum absolute atomic E-state index is 0.00236. The van der Waals surface area contributed by atoms with Crippen LogP contribution in [0.3, 0.4) is 0 Å². The molecule has 1 aliphatic carbocycles. The zero-order valence-corrected chi connectivity index (χ0v) is 17.9. The van der Waals surface area contributed by atoms with Crippen molar-refractivity contribution in [3.05, 3.63) is 63.9 Å². The molecule has 0 saturated carbocycles. The fraction of sp³-hybridized carbons (Fsp3) is 0.375. The molecule has 0 spiro atoms. The Balaban J connectivity index is 2.18. The Labute approximate surface area is 179 Å². The number of halogens is 4. The summed E-state index contributed by atoms with van der Waals surface area (Å²) >= 11 is 5.80. The van der Waals surface area contributed by atoms with Gasteiger partial charge in [-0.05, 0) is 60.2 Å². The first-order valence-corrected chi connectivity index (χ1v) is 10.4. The summed E-state index contributed by atoms with van der Waals surface area (Å²) in [5, 5.41) is 10.7. The van der Waals surface area contributed by atoms with Crippen molar-refractivity contribution in [2.75, 3.05) is 0 Å². The lowest BCUT2D eigenvalue weighted by atomic mass is 9.75. The van der Waals surface area contributed by atoms with Crippen LogP contribution in [0.5, 0.6) is 0 Å². The Hall–Kier alpha value is -2.27. The number of hydrogen-bond donors (Lipinski definition) is 1. The average molecular weight is 437 g/mol. The molecule has 0 radical (unpaired) electrons. The van der Waals surface area contributed by atoms with E-state index in [9.17, 15) is 23.1 Å². The number of alkyl halides is 3. The summed E-state index contributed by atoms with van der Waals surface area (Å²) in [7, 11) is 0. The van der Waals surface area contributed by atoms with E-state index in [1.807, 2.05) is 13.8 Å². The first kappa shape index (κ1) is 22.4. The van der Waals surface area contributed by atoms with Gasteiger partial charge in [0.1, 0.15) is 5.76 Å². The number of aliphatic hydroxyl groups excluding tert-OH is 1. The van der Waals surface area contributed by atoms with Gasteiger partial charge in [-0.2, -0.15) is 13.2 Å². The number of rotatable bonds is 4. The predicted octanol–water partition coefficient (Wildman–Crippen LogP) is 7.63. The molecule has 2 nitrogen and oxygen atoms in total. The fourth-order valence-electron chi connectivity index (χ4n) is 4.15. The van der Waals surface area contributed by atoms with Gasteiger partial charge in [-0.25, -0.2) is 0 Å². The Morgan fingerprint density at radius 2 is 1.83 bits per heavy atom. The summed E-state index contributed by atoms with van der Waals surface area (Å²) in [6.07, 6.45) is -2.44. The molecule has 0 bridgehead atoms. The van der Waals surface area contributed by atoms with Crippen molar-refractivity contribution in [2.45, 2.75) is 46.2 Å². The molecule has 160 valence electrons. The summed E-state index contributed by atoms with van der Waals surface area (Å²) in [4.78, 5) is 13.1. The van der Waals surface area contributed by atoms with Gasteiger partial charge in [0.15, 0.2) is 5.78 Å². The minimum atomic E-state index is -4.58. The molecule has 2 aromatic carbocycles. The second-order valence-electron chi connectivity index (χ2n) is 7.96. The molecule has 6 heteroatoms. The highest BCUT2D eigenvalue weighted by atomic mass is 35.5. The molecule has 2 aromatic rings. The number of Topliss-reactive ketones (excluding diaryl/α,β-unsaturated/α-hetero) is 1. The molecule has 30 heavy (non-hydrogen) atoms. The molecule has 0 amide bonds. The van der Waals surface area contributed by atoms with Gasteiger partial charge in [-0.15, -0.1) is 0 Å². The lowest BCUT2D eigenvalue weighted by Gasteiger charge is -2.29. The topological polar surface area (TPSA) is 37.3 Å². The maximum Gasteiger partial charge on any atom is 0.417 e. The molecule has 0 heterocycles. The van der Waals surface area contributed by atoms with E-state index < -0.39 is 11.7 Å². The van der Waals surface area contributed by atoms with E-state index in [1.54, 1.807) is 25.1 Å². The molecular formula is C24H24ClF3O2. The van der Waals surface area contributed by atoms with Crippen LogP contribution in [0.4, 0.5) is 13.2 Å². The van der Waals surface area contributed by atoms with E-state index in [0.29, 0.717) is 24.0 Å². The number of hydrogen-bond acceptors (Lipinski definition) is 2. The predicted molar refractivity (Wildman–Crippen MR) is 113 cm³/mol. The molecule has 0 fully saturated rings. The molecular weight excluding hydrogens is 413 g/mol. The number of aliphatic hydroxyl groups is 1. The third kappa shape index (κ3) is 4.27. The summed E-state index contributed by atoms with van der Waals surface area (Å²) < 4.78 is 40.8. The monoisotopic (exact) mass is 436 g/mol. The Kier molecular flexibility index (Phi) is 6.32. The molecule has 2 unspecified atom stereocenters. The van der Waals surface area contributed by atoms with E-state index in [2.05, 4.69) is 0 Å². The van der Waals surface area contributed by atoms with Crippen molar-refractivity contribution >= 4 is 23.0 Å². The van der Waals surface area contributed by atoms with Crippen LogP contribution in [0.25, 0.3) is 16.7 Å². The summed E-state index contributed by atoms with van der Waals surface area (Å²) in [6.45, 7) is 5.65. The zero-order chi connectivity index (χ0) is 22.2. The first-order valence-electron chi connectivity index (χ1n) is 10.00. The molecule has 3 rings (SSSR count). The van der Waals surface area contributed by atoms with Crippen LogP contribution in [0.2, 0.25) is 5.02 Å². The summed E-state index contributed by atoms with van der Waals surface area (Å²) in [6, 6.07) is 8.49. The molecule has 1 N–H and O–H groups in total. The lowest BCUT2D eigenvalue weighted by Crippen LogP contribution is -2.27. The number of carbonyl (C=O) groups is 1. The van der Waals surface area contributed by atoms with Crippen LogP contribution in [0, 0.1) is 18.8 Å². The van der Waals surface area contributed by atoms with Gasteiger partial charge in [0, 0.05) is 16.9 Å². The van der Waals surface area contributed by atoms with E-state index in [-0.39, 0.29) is 39.5 Å². The molecule has 2 atom stereocenters. The molecule has 1 aliphatic rings. The highest BCUT2D eigenvalue weighted by Crippen LogP contribution is 2.42. The van der Waals surface area contributed by atoms with Gasteiger partial charge in [-0.1, -0.05) is 50.1 Å². The number of carbonyl (C=O) groups excluding carboxylic acids is 1. The van der Waals surface area contributed by atoms with Crippen LogP contribution < -0.4 is 0 Å².